The Labute approximate surface area is 106 Å². The SMILES string of the molecule is O=C1Nc2c(F)cccc2C1CC1CCCNC1. The molecule has 0 radical (unpaired) electrons. The molecule has 0 aromatic heterocycles. The van der Waals surface area contributed by atoms with Gasteiger partial charge >= 0.3 is 0 Å². The maximum absolute atomic E-state index is 13.6. The second-order valence-corrected chi connectivity index (χ2v) is 5.19. The number of carbonyl (C=O) groups excluding carboxylic acids is 1. The van der Waals surface area contributed by atoms with Gasteiger partial charge in [-0.15, -0.1) is 0 Å². The monoisotopic (exact) mass is 248 g/mol. The number of benzene rings is 1. The van der Waals surface area contributed by atoms with Gasteiger partial charge in [0.15, 0.2) is 0 Å². The molecule has 0 aliphatic carbocycles. The molecule has 0 saturated carbocycles. The number of hydrogen-bond donors (Lipinski definition) is 2. The normalized spacial score (nSPS) is 26.8. The zero-order valence-electron chi connectivity index (χ0n) is 10.2. The summed E-state index contributed by atoms with van der Waals surface area (Å²) < 4.78 is 13.6. The molecular weight excluding hydrogens is 231 g/mol. The van der Waals surface area contributed by atoms with Gasteiger partial charge in [0.2, 0.25) is 5.91 Å². The molecule has 18 heavy (non-hydrogen) atoms. The summed E-state index contributed by atoms with van der Waals surface area (Å²) in [4.78, 5) is 12.0. The molecule has 1 aromatic carbocycles. The van der Waals surface area contributed by atoms with E-state index in [0.717, 1.165) is 37.9 Å². The maximum atomic E-state index is 13.6. The molecule has 2 aliphatic rings. The summed E-state index contributed by atoms with van der Waals surface area (Å²) in [5, 5.41) is 6.02. The molecule has 2 atom stereocenters. The van der Waals surface area contributed by atoms with Gasteiger partial charge in [-0.25, -0.2) is 4.39 Å². The summed E-state index contributed by atoms with van der Waals surface area (Å²) in [5.41, 5.74) is 1.21. The van der Waals surface area contributed by atoms with Crippen LogP contribution in [-0.4, -0.2) is 19.0 Å². The molecule has 2 aliphatic heterocycles. The van der Waals surface area contributed by atoms with E-state index in [1.807, 2.05) is 6.07 Å². The van der Waals surface area contributed by atoms with E-state index in [-0.39, 0.29) is 17.6 Å². The van der Waals surface area contributed by atoms with Gasteiger partial charge in [-0.05, 0) is 49.9 Å². The summed E-state index contributed by atoms with van der Waals surface area (Å²) in [6.07, 6.45) is 3.13. The molecule has 3 nitrogen and oxygen atoms in total. The predicted molar refractivity (Wildman–Crippen MR) is 68.0 cm³/mol. The van der Waals surface area contributed by atoms with Crippen molar-refractivity contribution in [2.45, 2.75) is 25.2 Å². The van der Waals surface area contributed by atoms with E-state index < -0.39 is 0 Å². The Morgan fingerprint density at radius 1 is 1.39 bits per heavy atom. The van der Waals surface area contributed by atoms with Gasteiger partial charge < -0.3 is 10.6 Å². The average molecular weight is 248 g/mol. The van der Waals surface area contributed by atoms with Crippen LogP contribution in [0.15, 0.2) is 18.2 Å². The van der Waals surface area contributed by atoms with Crippen LogP contribution in [0.4, 0.5) is 10.1 Å². The molecule has 4 heteroatoms. The van der Waals surface area contributed by atoms with Crippen molar-refractivity contribution in [3.05, 3.63) is 29.6 Å². The van der Waals surface area contributed by atoms with Gasteiger partial charge in [-0.2, -0.15) is 0 Å². The zero-order valence-corrected chi connectivity index (χ0v) is 10.2. The van der Waals surface area contributed by atoms with E-state index in [4.69, 9.17) is 0 Å². The molecule has 96 valence electrons. The number of halogens is 1. The lowest BCUT2D eigenvalue weighted by Gasteiger charge is -2.24. The van der Waals surface area contributed by atoms with Crippen molar-refractivity contribution in [1.82, 2.24) is 5.32 Å². The van der Waals surface area contributed by atoms with Gasteiger partial charge in [-0.3, -0.25) is 4.79 Å². The van der Waals surface area contributed by atoms with Crippen LogP contribution in [0.2, 0.25) is 0 Å². The Bertz CT molecular complexity index is 469. The largest absolute Gasteiger partial charge is 0.323 e. The molecule has 2 N–H and O–H groups in total. The van der Waals surface area contributed by atoms with Crippen molar-refractivity contribution < 1.29 is 9.18 Å². The molecule has 1 fully saturated rings. The number of amides is 1. The van der Waals surface area contributed by atoms with Crippen molar-refractivity contribution >= 4 is 11.6 Å². The van der Waals surface area contributed by atoms with Gasteiger partial charge in [-0.1, -0.05) is 12.1 Å². The molecular formula is C14H17FN2O. The van der Waals surface area contributed by atoms with E-state index >= 15 is 0 Å². The van der Waals surface area contributed by atoms with Gasteiger partial charge in [0.1, 0.15) is 5.82 Å². The van der Waals surface area contributed by atoms with Crippen molar-refractivity contribution in [3.63, 3.8) is 0 Å². The van der Waals surface area contributed by atoms with E-state index in [1.165, 1.54) is 6.07 Å². The van der Waals surface area contributed by atoms with Crippen LogP contribution in [0.5, 0.6) is 0 Å². The van der Waals surface area contributed by atoms with Gasteiger partial charge in [0.05, 0.1) is 11.6 Å². The summed E-state index contributed by atoms with van der Waals surface area (Å²) >= 11 is 0. The highest BCUT2D eigenvalue weighted by Crippen LogP contribution is 2.38. The number of para-hydroxylation sites is 1. The third-order valence-electron chi connectivity index (χ3n) is 3.95. The molecule has 0 bridgehead atoms. The van der Waals surface area contributed by atoms with Crippen molar-refractivity contribution in [1.29, 1.82) is 0 Å². The summed E-state index contributed by atoms with van der Waals surface area (Å²) in [6, 6.07) is 4.93. The third kappa shape index (κ3) is 2.01. The highest BCUT2D eigenvalue weighted by Gasteiger charge is 2.34. The Hall–Kier alpha value is -1.42. The van der Waals surface area contributed by atoms with Crippen LogP contribution in [0.25, 0.3) is 0 Å². The van der Waals surface area contributed by atoms with Crippen LogP contribution in [-0.2, 0) is 4.79 Å². The fourth-order valence-corrected chi connectivity index (χ4v) is 3.01. The topological polar surface area (TPSA) is 41.1 Å². The van der Waals surface area contributed by atoms with E-state index in [2.05, 4.69) is 10.6 Å². The highest BCUT2D eigenvalue weighted by atomic mass is 19.1. The number of fused-ring (bicyclic) bond motifs is 1. The molecule has 1 amide bonds. The minimum atomic E-state index is -0.329. The van der Waals surface area contributed by atoms with E-state index in [9.17, 15) is 9.18 Å². The minimum absolute atomic E-state index is 0.0549. The maximum Gasteiger partial charge on any atom is 0.232 e. The van der Waals surface area contributed by atoms with Crippen LogP contribution in [0, 0.1) is 11.7 Å². The number of carbonyl (C=O) groups is 1. The first kappa shape index (κ1) is 11.7. The van der Waals surface area contributed by atoms with Crippen LogP contribution in [0.1, 0.15) is 30.7 Å². The molecule has 0 spiro atoms. The lowest BCUT2D eigenvalue weighted by atomic mass is 9.86. The molecule has 2 unspecified atom stereocenters. The molecule has 1 saturated heterocycles. The third-order valence-corrected chi connectivity index (χ3v) is 3.95. The lowest BCUT2D eigenvalue weighted by Crippen LogP contribution is -2.31. The summed E-state index contributed by atoms with van der Waals surface area (Å²) in [6.45, 7) is 2.03. The average Bonchev–Trinajstić information content (AvgIpc) is 2.70. The summed E-state index contributed by atoms with van der Waals surface area (Å²) in [7, 11) is 0. The Morgan fingerprint density at radius 2 is 2.28 bits per heavy atom. The standard InChI is InChI=1S/C14H17FN2O/c15-12-5-1-4-10-11(14(18)17-13(10)12)7-9-3-2-6-16-8-9/h1,4-5,9,11,16H,2-3,6-8H2,(H,17,18). The van der Waals surface area contributed by atoms with Crippen LogP contribution in [0.3, 0.4) is 0 Å². The van der Waals surface area contributed by atoms with E-state index in [1.54, 1.807) is 6.07 Å². The Kier molecular flexibility index (Phi) is 3.04. The van der Waals surface area contributed by atoms with Crippen LogP contribution < -0.4 is 10.6 Å². The number of nitrogens with one attached hydrogen (secondary N) is 2. The van der Waals surface area contributed by atoms with Gasteiger partial charge in [0.25, 0.3) is 0 Å². The number of anilines is 1. The molecule has 2 heterocycles. The summed E-state index contributed by atoms with van der Waals surface area (Å²) in [5.74, 6) is -0.0462. The number of piperidine rings is 1. The van der Waals surface area contributed by atoms with Gasteiger partial charge in [0, 0.05) is 0 Å². The Morgan fingerprint density at radius 3 is 3.06 bits per heavy atom. The quantitative estimate of drug-likeness (QED) is 0.843. The number of rotatable bonds is 2. The second-order valence-electron chi connectivity index (χ2n) is 5.19. The molecule has 1 aromatic rings. The van der Waals surface area contributed by atoms with E-state index in [0.29, 0.717) is 11.6 Å². The first-order valence-corrected chi connectivity index (χ1v) is 6.55. The zero-order chi connectivity index (χ0) is 12.5. The van der Waals surface area contributed by atoms with Crippen LogP contribution >= 0.6 is 0 Å². The fourth-order valence-electron chi connectivity index (χ4n) is 3.01. The smallest absolute Gasteiger partial charge is 0.232 e. The molecule has 3 rings (SSSR count). The second kappa shape index (κ2) is 4.69. The first-order chi connectivity index (χ1) is 8.75. The van der Waals surface area contributed by atoms with Crippen molar-refractivity contribution in [2.24, 2.45) is 5.92 Å². The number of hydrogen-bond acceptors (Lipinski definition) is 2. The fraction of sp³-hybridized carbons (Fsp3) is 0.500. The Balaban J connectivity index is 1.81. The minimum Gasteiger partial charge on any atom is -0.323 e. The predicted octanol–water partition coefficient (Wildman–Crippen LogP) is 2.25. The first-order valence-electron chi connectivity index (χ1n) is 6.55. The van der Waals surface area contributed by atoms with Crippen molar-refractivity contribution in [3.8, 4) is 0 Å². The van der Waals surface area contributed by atoms with Crippen molar-refractivity contribution in [2.75, 3.05) is 18.4 Å². The highest BCUT2D eigenvalue weighted by molar-refractivity contribution is 6.02. The lowest BCUT2D eigenvalue weighted by molar-refractivity contribution is -0.117.